The van der Waals surface area contributed by atoms with Crippen LogP contribution >= 0.6 is 11.8 Å². The van der Waals surface area contributed by atoms with Gasteiger partial charge in [-0.1, -0.05) is 12.8 Å². The number of thioether (sulfide) groups is 1. The summed E-state index contributed by atoms with van der Waals surface area (Å²) in [4.78, 5) is 15.2. The number of carbonyl (C=O) groups is 1. The minimum atomic E-state index is -0.596. The second kappa shape index (κ2) is 8.83. The van der Waals surface area contributed by atoms with Gasteiger partial charge < -0.3 is 14.4 Å². The van der Waals surface area contributed by atoms with Gasteiger partial charge in [0.05, 0.1) is 32.6 Å². The third kappa shape index (κ3) is 3.87. The number of hydrogen-bond donors (Lipinski definition) is 0. The molecule has 0 bridgehead atoms. The van der Waals surface area contributed by atoms with Crippen molar-refractivity contribution in [2.75, 3.05) is 25.7 Å². The lowest BCUT2D eigenvalue weighted by atomic mass is 9.93. The van der Waals surface area contributed by atoms with Gasteiger partial charge in [-0.3, -0.25) is 4.79 Å². The average molecular weight is 432 g/mol. The lowest BCUT2D eigenvalue weighted by molar-refractivity contribution is -0.136. The van der Waals surface area contributed by atoms with E-state index in [9.17, 15) is 4.79 Å². The summed E-state index contributed by atoms with van der Waals surface area (Å²) in [5.74, 6) is 3.68. The number of carbonyl (C=O) groups excluding carboxylic acids is 1. The molecule has 1 aliphatic carbocycles. The van der Waals surface area contributed by atoms with Gasteiger partial charge >= 0.3 is 0 Å². The van der Waals surface area contributed by atoms with E-state index in [1.807, 2.05) is 27.8 Å². The average Bonchev–Trinajstić information content (AvgIpc) is 3.44. The van der Waals surface area contributed by atoms with Crippen molar-refractivity contribution in [3.8, 4) is 11.5 Å². The zero-order valence-electron chi connectivity index (χ0n) is 17.8. The van der Waals surface area contributed by atoms with Crippen LogP contribution in [0.15, 0.2) is 18.2 Å². The summed E-state index contributed by atoms with van der Waals surface area (Å²) >= 11 is 1.67. The molecule has 1 aromatic heterocycles. The first-order valence-corrected chi connectivity index (χ1v) is 11.6. The molecule has 1 aromatic carbocycles. The first-order valence-electron chi connectivity index (χ1n) is 10.4. The number of ether oxygens (including phenoxy) is 2. The zero-order valence-corrected chi connectivity index (χ0v) is 18.7. The number of benzene rings is 1. The molecular formula is C21H29N5O3S. The number of aromatic nitrogens is 4. The number of tetrazole rings is 1. The van der Waals surface area contributed by atoms with Crippen molar-refractivity contribution in [3.05, 3.63) is 29.6 Å². The van der Waals surface area contributed by atoms with Crippen LogP contribution in [0.25, 0.3) is 0 Å². The molecule has 2 heterocycles. The lowest BCUT2D eigenvalue weighted by Gasteiger charge is -2.39. The molecule has 1 saturated heterocycles. The quantitative estimate of drug-likeness (QED) is 0.695. The van der Waals surface area contributed by atoms with Crippen molar-refractivity contribution >= 4 is 17.7 Å². The second-order valence-corrected chi connectivity index (χ2v) is 9.22. The van der Waals surface area contributed by atoms with Crippen LogP contribution in [-0.2, 0) is 16.9 Å². The number of methoxy groups -OCH3 is 2. The summed E-state index contributed by atoms with van der Waals surface area (Å²) in [6.45, 7) is 2.51. The minimum absolute atomic E-state index is 0.0887. The zero-order chi connectivity index (χ0) is 21.1. The molecule has 2 aromatic rings. The van der Waals surface area contributed by atoms with E-state index in [2.05, 4.69) is 22.4 Å². The highest BCUT2D eigenvalue weighted by Gasteiger charge is 2.44. The Hall–Kier alpha value is -2.29. The normalized spacial score (nSPS) is 22.9. The van der Waals surface area contributed by atoms with E-state index in [1.165, 1.54) is 12.8 Å². The van der Waals surface area contributed by atoms with Gasteiger partial charge in [0.15, 0.2) is 5.82 Å². The van der Waals surface area contributed by atoms with Crippen LogP contribution in [0.1, 0.15) is 56.5 Å². The molecular weight excluding hydrogens is 402 g/mol. The maximum atomic E-state index is 13.3. The molecule has 30 heavy (non-hydrogen) atoms. The van der Waals surface area contributed by atoms with E-state index < -0.39 is 5.54 Å². The van der Waals surface area contributed by atoms with Gasteiger partial charge in [-0.25, -0.2) is 4.68 Å². The number of hydrogen-bond acceptors (Lipinski definition) is 7. The fraction of sp³-hybridized carbons (Fsp3) is 0.619. The first kappa shape index (κ1) is 21.0. The standard InChI is InChI=1S/C21H29N5O3S/c1-21(20-22-23-24-26(20)16-6-4-5-7-16)10-11-30-14-19(27)25(21)13-15-12-17(28-2)8-9-18(15)29-3/h8-9,12,16H,4-7,10-11,13-14H2,1-3H3. The van der Waals surface area contributed by atoms with Crippen molar-refractivity contribution in [1.82, 2.24) is 25.1 Å². The highest BCUT2D eigenvalue weighted by molar-refractivity contribution is 7.99. The van der Waals surface area contributed by atoms with Crippen LogP contribution < -0.4 is 9.47 Å². The predicted octanol–water partition coefficient (Wildman–Crippen LogP) is 3.19. The van der Waals surface area contributed by atoms with Crippen LogP contribution in [-0.4, -0.2) is 56.7 Å². The maximum Gasteiger partial charge on any atom is 0.233 e. The summed E-state index contributed by atoms with van der Waals surface area (Å²) in [5, 5.41) is 12.8. The Kier molecular flexibility index (Phi) is 6.17. The molecule has 4 rings (SSSR count). The highest BCUT2D eigenvalue weighted by Crippen LogP contribution is 2.40. The van der Waals surface area contributed by atoms with Gasteiger partial charge in [0.25, 0.3) is 0 Å². The SMILES string of the molecule is COc1ccc(OC)c(CN2C(=O)CSCCC2(C)c2nnnn2C2CCCC2)c1. The molecule has 0 spiro atoms. The molecule has 1 unspecified atom stereocenters. The fourth-order valence-electron chi connectivity index (χ4n) is 4.53. The smallest absolute Gasteiger partial charge is 0.233 e. The van der Waals surface area contributed by atoms with Crippen molar-refractivity contribution in [2.45, 2.75) is 57.2 Å². The third-order valence-electron chi connectivity index (χ3n) is 6.32. The first-order chi connectivity index (χ1) is 14.6. The van der Waals surface area contributed by atoms with Crippen LogP contribution in [0.5, 0.6) is 11.5 Å². The molecule has 162 valence electrons. The van der Waals surface area contributed by atoms with Gasteiger partial charge in [-0.05, 0) is 60.6 Å². The molecule has 1 amide bonds. The molecule has 2 fully saturated rings. The molecule has 1 aliphatic heterocycles. The number of nitrogens with zero attached hydrogens (tertiary/aromatic N) is 5. The molecule has 0 N–H and O–H groups in total. The van der Waals surface area contributed by atoms with Gasteiger partial charge in [0.2, 0.25) is 5.91 Å². The van der Waals surface area contributed by atoms with Crippen LogP contribution in [0.3, 0.4) is 0 Å². The topological polar surface area (TPSA) is 82.4 Å². The van der Waals surface area contributed by atoms with E-state index >= 15 is 0 Å². The largest absolute Gasteiger partial charge is 0.497 e. The monoisotopic (exact) mass is 431 g/mol. The molecule has 1 saturated carbocycles. The van der Waals surface area contributed by atoms with Crippen molar-refractivity contribution in [1.29, 1.82) is 0 Å². The maximum absolute atomic E-state index is 13.3. The Bertz CT molecular complexity index is 899. The number of rotatable bonds is 6. The van der Waals surface area contributed by atoms with Crippen LogP contribution in [0.4, 0.5) is 0 Å². The summed E-state index contributed by atoms with van der Waals surface area (Å²) < 4.78 is 13.0. The van der Waals surface area contributed by atoms with Gasteiger partial charge in [0, 0.05) is 5.56 Å². The molecule has 2 aliphatic rings. The van der Waals surface area contributed by atoms with E-state index in [4.69, 9.17) is 9.47 Å². The van der Waals surface area contributed by atoms with E-state index in [-0.39, 0.29) is 5.91 Å². The lowest BCUT2D eigenvalue weighted by Crippen LogP contribution is -2.49. The summed E-state index contributed by atoms with van der Waals surface area (Å²) in [6, 6.07) is 5.99. The minimum Gasteiger partial charge on any atom is -0.497 e. The Balaban J connectivity index is 1.75. The van der Waals surface area contributed by atoms with E-state index in [0.29, 0.717) is 18.3 Å². The summed E-state index contributed by atoms with van der Waals surface area (Å²) in [5.41, 5.74) is 0.309. The van der Waals surface area contributed by atoms with Gasteiger partial charge in [0.1, 0.15) is 17.0 Å². The molecule has 9 heteroatoms. The Morgan fingerprint density at radius 2 is 2.03 bits per heavy atom. The van der Waals surface area contributed by atoms with Crippen molar-refractivity contribution in [3.63, 3.8) is 0 Å². The van der Waals surface area contributed by atoms with Crippen LogP contribution in [0.2, 0.25) is 0 Å². The van der Waals surface area contributed by atoms with E-state index in [0.717, 1.165) is 47.9 Å². The fourth-order valence-corrected chi connectivity index (χ4v) is 5.55. The number of amides is 1. The van der Waals surface area contributed by atoms with E-state index in [1.54, 1.807) is 26.0 Å². The van der Waals surface area contributed by atoms with Crippen molar-refractivity contribution < 1.29 is 14.3 Å². The third-order valence-corrected chi connectivity index (χ3v) is 7.26. The predicted molar refractivity (Wildman–Crippen MR) is 115 cm³/mol. The molecule has 8 nitrogen and oxygen atoms in total. The van der Waals surface area contributed by atoms with Gasteiger partial charge in [-0.2, -0.15) is 11.8 Å². The highest BCUT2D eigenvalue weighted by atomic mass is 32.2. The Labute approximate surface area is 181 Å². The van der Waals surface area contributed by atoms with Gasteiger partial charge in [-0.15, -0.1) is 5.10 Å². The van der Waals surface area contributed by atoms with Crippen molar-refractivity contribution in [2.24, 2.45) is 0 Å². The summed E-state index contributed by atoms with van der Waals surface area (Å²) in [7, 11) is 3.28. The molecule has 1 atom stereocenters. The Morgan fingerprint density at radius 3 is 2.77 bits per heavy atom. The van der Waals surface area contributed by atoms with Crippen LogP contribution in [0, 0.1) is 0 Å². The molecule has 0 radical (unpaired) electrons. The Morgan fingerprint density at radius 1 is 1.23 bits per heavy atom. The summed E-state index contributed by atoms with van der Waals surface area (Å²) in [6.07, 6.45) is 5.35. The second-order valence-electron chi connectivity index (χ2n) is 8.12.